The molecule has 0 aliphatic heterocycles. The molecule has 3 heteroatoms. The fourth-order valence-corrected chi connectivity index (χ4v) is 2.82. The molecule has 3 aromatic rings. The van der Waals surface area contributed by atoms with Crippen molar-refractivity contribution < 1.29 is 0 Å². The number of pyridine rings is 1. The molecule has 0 saturated carbocycles. The van der Waals surface area contributed by atoms with Crippen molar-refractivity contribution in [1.82, 2.24) is 15.0 Å². The van der Waals surface area contributed by atoms with Crippen LogP contribution in [0.5, 0.6) is 0 Å². The van der Waals surface area contributed by atoms with Gasteiger partial charge in [-0.25, -0.2) is 9.97 Å². The second kappa shape index (κ2) is 5.68. The molecule has 0 radical (unpaired) electrons. The Morgan fingerprint density at radius 3 is 2.67 bits per heavy atom. The molecule has 2 atom stereocenters. The van der Waals surface area contributed by atoms with Gasteiger partial charge in [-0.3, -0.25) is 0 Å². The van der Waals surface area contributed by atoms with Gasteiger partial charge in [-0.15, -0.1) is 0 Å². The van der Waals surface area contributed by atoms with E-state index in [9.17, 15) is 0 Å². The Labute approximate surface area is 125 Å². The minimum atomic E-state index is 0.283. The van der Waals surface area contributed by atoms with E-state index >= 15 is 0 Å². The third-order valence-corrected chi connectivity index (χ3v) is 4.16. The van der Waals surface area contributed by atoms with Crippen molar-refractivity contribution in [3.63, 3.8) is 0 Å². The number of hydrogen-bond donors (Lipinski definition) is 1. The lowest BCUT2D eigenvalue weighted by Crippen LogP contribution is -2.12. The van der Waals surface area contributed by atoms with Crippen LogP contribution >= 0.6 is 0 Å². The highest BCUT2D eigenvalue weighted by Gasteiger charge is 2.23. The van der Waals surface area contributed by atoms with E-state index in [2.05, 4.69) is 67.1 Å². The van der Waals surface area contributed by atoms with E-state index in [0.29, 0.717) is 5.92 Å². The summed E-state index contributed by atoms with van der Waals surface area (Å²) in [6.07, 6.45) is 2.98. The molecule has 3 nitrogen and oxygen atoms in total. The quantitative estimate of drug-likeness (QED) is 0.767. The molecule has 1 N–H and O–H groups in total. The topological polar surface area (TPSA) is 41.6 Å². The van der Waals surface area contributed by atoms with Gasteiger partial charge < -0.3 is 4.98 Å². The molecular weight excluding hydrogens is 258 g/mol. The zero-order valence-electron chi connectivity index (χ0n) is 12.8. The number of hydrogen-bond acceptors (Lipinski definition) is 2. The van der Waals surface area contributed by atoms with Crippen LogP contribution in [0.15, 0.2) is 42.6 Å². The Morgan fingerprint density at radius 2 is 1.95 bits per heavy atom. The number of fused-ring (bicyclic) bond motifs is 1. The van der Waals surface area contributed by atoms with Crippen LogP contribution in [0.4, 0.5) is 0 Å². The first-order valence-corrected chi connectivity index (χ1v) is 7.56. The molecule has 1 aromatic carbocycles. The minimum Gasteiger partial charge on any atom is -0.340 e. The van der Waals surface area contributed by atoms with Crippen LogP contribution in [-0.4, -0.2) is 15.0 Å². The maximum Gasteiger partial charge on any atom is 0.177 e. The number of imidazole rings is 1. The molecule has 0 spiro atoms. The Hall–Kier alpha value is -2.16. The number of rotatable bonds is 4. The van der Waals surface area contributed by atoms with E-state index in [0.717, 1.165) is 29.0 Å². The Morgan fingerprint density at radius 1 is 1.19 bits per heavy atom. The fraction of sp³-hybridized carbons (Fsp3) is 0.333. The highest BCUT2D eigenvalue weighted by molar-refractivity contribution is 5.71. The number of nitrogens with one attached hydrogen (secondary N) is 1. The molecule has 2 aromatic heterocycles. The number of nitrogens with zero attached hydrogens (tertiary/aromatic N) is 2. The Bertz CT molecular complexity index is 731. The largest absolute Gasteiger partial charge is 0.340 e. The summed E-state index contributed by atoms with van der Waals surface area (Å²) in [5, 5.41) is 0. The van der Waals surface area contributed by atoms with Gasteiger partial charge in [0.25, 0.3) is 0 Å². The molecule has 0 amide bonds. The van der Waals surface area contributed by atoms with Gasteiger partial charge in [0.15, 0.2) is 5.65 Å². The molecule has 2 unspecified atom stereocenters. The summed E-state index contributed by atoms with van der Waals surface area (Å²) in [4.78, 5) is 12.6. The van der Waals surface area contributed by atoms with Crippen LogP contribution in [0.2, 0.25) is 0 Å². The van der Waals surface area contributed by atoms with Crippen molar-refractivity contribution in [2.24, 2.45) is 5.92 Å². The third kappa shape index (κ3) is 2.68. The molecule has 3 rings (SSSR count). The summed E-state index contributed by atoms with van der Waals surface area (Å²) in [6.45, 7) is 6.56. The molecule has 108 valence electrons. The summed E-state index contributed by atoms with van der Waals surface area (Å²) in [5.74, 6) is 1.82. The SMILES string of the molecule is CCC(C)C(c1ccccc1)c1nc2ncc(C)cc2[nH]1. The van der Waals surface area contributed by atoms with E-state index in [-0.39, 0.29) is 5.92 Å². The lowest BCUT2D eigenvalue weighted by atomic mass is 9.85. The van der Waals surface area contributed by atoms with E-state index in [4.69, 9.17) is 4.98 Å². The summed E-state index contributed by atoms with van der Waals surface area (Å²) in [5.41, 5.74) is 4.29. The summed E-state index contributed by atoms with van der Waals surface area (Å²) in [7, 11) is 0. The van der Waals surface area contributed by atoms with Crippen LogP contribution in [0, 0.1) is 12.8 Å². The molecule has 0 bridgehead atoms. The Kier molecular flexibility index (Phi) is 3.74. The van der Waals surface area contributed by atoms with Crippen LogP contribution in [-0.2, 0) is 0 Å². The summed E-state index contributed by atoms with van der Waals surface area (Å²) >= 11 is 0. The van der Waals surface area contributed by atoms with Gasteiger partial charge in [-0.2, -0.15) is 0 Å². The van der Waals surface area contributed by atoms with Gasteiger partial charge in [-0.1, -0.05) is 50.6 Å². The second-order valence-electron chi connectivity index (χ2n) is 5.78. The van der Waals surface area contributed by atoms with Crippen molar-refractivity contribution in [3.8, 4) is 0 Å². The van der Waals surface area contributed by atoms with Gasteiger partial charge in [0.1, 0.15) is 5.82 Å². The number of aryl methyl sites for hydroxylation is 1. The van der Waals surface area contributed by atoms with E-state index in [1.807, 2.05) is 6.20 Å². The average Bonchev–Trinajstić information content (AvgIpc) is 2.90. The average molecular weight is 279 g/mol. The molecule has 0 aliphatic carbocycles. The molecule has 0 aliphatic rings. The third-order valence-electron chi connectivity index (χ3n) is 4.16. The summed E-state index contributed by atoms with van der Waals surface area (Å²) in [6, 6.07) is 12.7. The van der Waals surface area contributed by atoms with Crippen LogP contribution in [0.1, 0.15) is 43.1 Å². The van der Waals surface area contributed by atoms with Crippen molar-refractivity contribution >= 4 is 11.2 Å². The second-order valence-corrected chi connectivity index (χ2v) is 5.78. The van der Waals surface area contributed by atoms with Crippen molar-refractivity contribution in [3.05, 3.63) is 59.5 Å². The highest BCUT2D eigenvalue weighted by atomic mass is 15.0. The number of aromatic nitrogens is 3. The Balaban J connectivity index is 2.10. The van der Waals surface area contributed by atoms with E-state index in [1.54, 1.807) is 0 Å². The van der Waals surface area contributed by atoms with Crippen molar-refractivity contribution in [2.45, 2.75) is 33.1 Å². The first-order valence-electron chi connectivity index (χ1n) is 7.56. The lowest BCUT2D eigenvalue weighted by Gasteiger charge is -2.21. The van der Waals surface area contributed by atoms with Gasteiger partial charge in [0, 0.05) is 12.1 Å². The standard InChI is InChI=1S/C18H21N3/c1-4-13(3)16(14-8-6-5-7-9-14)18-20-15-10-12(2)11-19-17(15)21-18/h5-11,13,16H,4H2,1-3H3,(H,19,20,21). The molecule has 0 saturated heterocycles. The first-order chi connectivity index (χ1) is 10.2. The number of aromatic amines is 1. The van der Waals surface area contributed by atoms with Gasteiger partial charge in [0.05, 0.1) is 5.52 Å². The first kappa shape index (κ1) is 13.8. The predicted octanol–water partition coefficient (Wildman–Crippen LogP) is 4.44. The van der Waals surface area contributed by atoms with Crippen molar-refractivity contribution in [2.75, 3.05) is 0 Å². The minimum absolute atomic E-state index is 0.283. The van der Waals surface area contributed by atoms with Gasteiger partial charge >= 0.3 is 0 Å². The van der Waals surface area contributed by atoms with Gasteiger partial charge in [-0.05, 0) is 30.0 Å². The molecule has 0 fully saturated rings. The van der Waals surface area contributed by atoms with Crippen LogP contribution < -0.4 is 0 Å². The molecule has 21 heavy (non-hydrogen) atoms. The van der Waals surface area contributed by atoms with Crippen LogP contribution in [0.3, 0.4) is 0 Å². The maximum absolute atomic E-state index is 4.73. The van der Waals surface area contributed by atoms with Crippen molar-refractivity contribution in [1.29, 1.82) is 0 Å². The van der Waals surface area contributed by atoms with Crippen LogP contribution in [0.25, 0.3) is 11.2 Å². The van der Waals surface area contributed by atoms with E-state index < -0.39 is 0 Å². The monoisotopic (exact) mass is 279 g/mol. The maximum atomic E-state index is 4.73. The number of benzene rings is 1. The smallest absolute Gasteiger partial charge is 0.177 e. The highest BCUT2D eigenvalue weighted by Crippen LogP contribution is 2.32. The molecular formula is C18H21N3. The number of H-pyrrole nitrogens is 1. The molecule has 2 heterocycles. The zero-order valence-corrected chi connectivity index (χ0v) is 12.8. The van der Waals surface area contributed by atoms with Gasteiger partial charge in [0.2, 0.25) is 0 Å². The zero-order chi connectivity index (χ0) is 14.8. The normalized spacial score (nSPS) is 14.2. The fourth-order valence-electron chi connectivity index (χ4n) is 2.82. The summed E-state index contributed by atoms with van der Waals surface area (Å²) < 4.78 is 0. The van der Waals surface area contributed by atoms with E-state index in [1.165, 1.54) is 5.56 Å². The predicted molar refractivity (Wildman–Crippen MR) is 86.4 cm³/mol. The lowest BCUT2D eigenvalue weighted by molar-refractivity contribution is 0.482.